The molecule has 0 amide bonds. The zero-order valence-electron chi connectivity index (χ0n) is 13.0. The maximum atomic E-state index is 11.1. The maximum Gasteiger partial charge on any atom is 0.306 e. The number of aliphatic carboxylic acids is 1. The summed E-state index contributed by atoms with van der Waals surface area (Å²) in [6, 6.07) is 0.289. The van der Waals surface area contributed by atoms with E-state index in [-0.39, 0.29) is 12.0 Å². The van der Waals surface area contributed by atoms with Crippen molar-refractivity contribution in [2.24, 2.45) is 5.92 Å². The molecule has 0 saturated carbocycles. The summed E-state index contributed by atoms with van der Waals surface area (Å²) in [6.07, 6.45) is 2.38. The molecule has 118 valence electrons. The Morgan fingerprint density at radius 1 is 1.48 bits per heavy atom. The quantitative estimate of drug-likeness (QED) is 0.879. The number of hydrogen-bond acceptors (Lipinski definition) is 3. The molecular formula is C15H24BrN3O2. The number of carboxylic acid groups (broad SMARTS) is 1. The minimum absolute atomic E-state index is 0.193. The number of piperidine rings is 1. The largest absolute Gasteiger partial charge is 0.481 e. The molecule has 0 bridgehead atoms. The predicted molar refractivity (Wildman–Crippen MR) is 85.2 cm³/mol. The van der Waals surface area contributed by atoms with Crippen LogP contribution >= 0.6 is 15.9 Å². The van der Waals surface area contributed by atoms with Crippen molar-refractivity contribution in [3.05, 3.63) is 15.9 Å². The Morgan fingerprint density at radius 2 is 2.19 bits per heavy atom. The van der Waals surface area contributed by atoms with E-state index in [0.29, 0.717) is 0 Å². The van der Waals surface area contributed by atoms with Crippen molar-refractivity contribution in [3.63, 3.8) is 0 Å². The first-order valence-electron chi connectivity index (χ1n) is 7.68. The third-order valence-corrected chi connectivity index (χ3v) is 5.33. The normalized spacial score (nSPS) is 23.4. The van der Waals surface area contributed by atoms with E-state index in [9.17, 15) is 4.79 Å². The van der Waals surface area contributed by atoms with Crippen LogP contribution in [0.2, 0.25) is 0 Å². The molecule has 1 saturated heterocycles. The molecule has 1 aliphatic rings. The number of carbonyl (C=O) groups is 1. The first kappa shape index (κ1) is 16.5. The summed E-state index contributed by atoms with van der Waals surface area (Å²) in [7, 11) is 0. The van der Waals surface area contributed by atoms with Crippen molar-refractivity contribution in [2.75, 3.05) is 6.54 Å². The summed E-state index contributed by atoms with van der Waals surface area (Å²) in [5.41, 5.74) is 2.30. The van der Waals surface area contributed by atoms with Gasteiger partial charge in [-0.15, -0.1) is 0 Å². The summed E-state index contributed by atoms with van der Waals surface area (Å²) in [4.78, 5) is 13.5. The van der Waals surface area contributed by atoms with Gasteiger partial charge in [-0.1, -0.05) is 6.92 Å². The third-order valence-electron chi connectivity index (χ3n) is 4.41. The molecule has 1 aromatic heterocycles. The molecule has 1 aliphatic heterocycles. The second kappa shape index (κ2) is 6.92. The molecule has 2 unspecified atom stereocenters. The average Bonchev–Trinajstić information content (AvgIpc) is 2.77. The molecule has 2 rings (SSSR count). The standard InChI is InChI=1S/C15H24BrN3O2/c1-4-12-14(16)13(19(5-2)17-12)9-18-7-6-11(15(20)21)8-10(18)3/h10-11H,4-9H2,1-3H3,(H,20,21). The van der Waals surface area contributed by atoms with Gasteiger partial charge >= 0.3 is 5.97 Å². The van der Waals surface area contributed by atoms with E-state index in [1.54, 1.807) is 0 Å². The highest BCUT2D eigenvalue weighted by Crippen LogP contribution is 2.28. The van der Waals surface area contributed by atoms with E-state index in [4.69, 9.17) is 5.11 Å². The lowest BCUT2D eigenvalue weighted by Crippen LogP contribution is -2.42. The van der Waals surface area contributed by atoms with E-state index < -0.39 is 5.97 Å². The molecule has 0 spiro atoms. The van der Waals surface area contributed by atoms with Crippen molar-refractivity contribution < 1.29 is 9.90 Å². The Balaban J connectivity index is 2.12. The van der Waals surface area contributed by atoms with Gasteiger partial charge in [-0.3, -0.25) is 14.4 Å². The molecule has 6 heteroatoms. The van der Waals surface area contributed by atoms with Crippen molar-refractivity contribution in [2.45, 2.75) is 59.2 Å². The van der Waals surface area contributed by atoms with Crippen LogP contribution in [0.3, 0.4) is 0 Å². The Labute approximate surface area is 134 Å². The van der Waals surface area contributed by atoms with Crippen LogP contribution in [0.1, 0.15) is 45.0 Å². The number of halogens is 1. The molecule has 0 aliphatic carbocycles. The molecule has 1 N–H and O–H groups in total. The van der Waals surface area contributed by atoms with Crippen molar-refractivity contribution in [3.8, 4) is 0 Å². The van der Waals surface area contributed by atoms with Gasteiger partial charge < -0.3 is 5.11 Å². The van der Waals surface area contributed by atoms with E-state index in [1.165, 1.54) is 5.69 Å². The third kappa shape index (κ3) is 3.48. The molecule has 0 aromatic carbocycles. The Bertz CT molecular complexity index is 515. The average molecular weight is 358 g/mol. The lowest BCUT2D eigenvalue weighted by molar-refractivity contribution is -0.144. The number of rotatable bonds is 5. The van der Waals surface area contributed by atoms with Crippen molar-refractivity contribution >= 4 is 21.9 Å². The molecule has 0 radical (unpaired) electrons. The van der Waals surface area contributed by atoms with E-state index in [0.717, 1.165) is 49.1 Å². The molecule has 1 fully saturated rings. The fourth-order valence-electron chi connectivity index (χ4n) is 3.04. The topological polar surface area (TPSA) is 58.4 Å². The first-order valence-corrected chi connectivity index (χ1v) is 8.48. The highest BCUT2D eigenvalue weighted by molar-refractivity contribution is 9.10. The van der Waals surface area contributed by atoms with Crippen LogP contribution in [0.4, 0.5) is 0 Å². The number of likely N-dealkylation sites (tertiary alicyclic amines) is 1. The maximum absolute atomic E-state index is 11.1. The number of aryl methyl sites for hydroxylation is 2. The highest BCUT2D eigenvalue weighted by atomic mass is 79.9. The Hall–Kier alpha value is -0.880. The van der Waals surface area contributed by atoms with Gasteiger partial charge in [-0.25, -0.2) is 0 Å². The lowest BCUT2D eigenvalue weighted by Gasteiger charge is -2.36. The van der Waals surface area contributed by atoms with Crippen molar-refractivity contribution in [1.82, 2.24) is 14.7 Å². The summed E-state index contributed by atoms with van der Waals surface area (Å²) in [5.74, 6) is -0.850. The molecular weight excluding hydrogens is 334 g/mol. The summed E-state index contributed by atoms with van der Waals surface area (Å²) in [6.45, 7) is 8.85. The van der Waals surface area contributed by atoms with Crippen LogP contribution in [0.25, 0.3) is 0 Å². The van der Waals surface area contributed by atoms with E-state index in [1.807, 2.05) is 0 Å². The Kier molecular flexibility index (Phi) is 5.43. The fraction of sp³-hybridized carbons (Fsp3) is 0.733. The van der Waals surface area contributed by atoms with Gasteiger partial charge in [0.2, 0.25) is 0 Å². The number of aromatic nitrogens is 2. The summed E-state index contributed by atoms with van der Waals surface area (Å²) >= 11 is 3.68. The van der Waals surface area contributed by atoms with Gasteiger partial charge in [0.25, 0.3) is 0 Å². The monoisotopic (exact) mass is 357 g/mol. The molecule has 5 nitrogen and oxygen atoms in total. The lowest BCUT2D eigenvalue weighted by atomic mass is 9.91. The molecule has 2 atom stereocenters. The van der Waals surface area contributed by atoms with Crippen LogP contribution in [0.5, 0.6) is 0 Å². The van der Waals surface area contributed by atoms with E-state index >= 15 is 0 Å². The molecule has 21 heavy (non-hydrogen) atoms. The second-order valence-electron chi connectivity index (χ2n) is 5.76. The summed E-state index contributed by atoms with van der Waals surface area (Å²) < 4.78 is 3.17. The van der Waals surface area contributed by atoms with Crippen molar-refractivity contribution in [1.29, 1.82) is 0 Å². The minimum atomic E-state index is -0.658. The highest BCUT2D eigenvalue weighted by Gasteiger charge is 2.30. The van der Waals surface area contributed by atoms with Gasteiger partial charge in [0.15, 0.2) is 0 Å². The van der Waals surface area contributed by atoms with Crippen LogP contribution in [0.15, 0.2) is 4.47 Å². The number of carboxylic acids is 1. The van der Waals surface area contributed by atoms with Crippen LogP contribution in [-0.4, -0.2) is 38.3 Å². The summed E-state index contributed by atoms with van der Waals surface area (Å²) in [5, 5.41) is 13.8. The van der Waals surface area contributed by atoms with Crippen LogP contribution in [-0.2, 0) is 24.3 Å². The zero-order valence-corrected chi connectivity index (χ0v) is 14.6. The van der Waals surface area contributed by atoms with Gasteiger partial charge in [0.05, 0.1) is 21.8 Å². The number of hydrogen-bond donors (Lipinski definition) is 1. The minimum Gasteiger partial charge on any atom is -0.481 e. The molecule has 2 heterocycles. The SMILES string of the molecule is CCc1nn(CC)c(CN2CCC(C(=O)O)CC2C)c1Br. The van der Waals surface area contributed by atoms with Gasteiger partial charge in [0, 0.05) is 19.1 Å². The van der Waals surface area contributed by atoms with Gasteiger partial charge in [-0.05, 0) is 55.6 Å². The smallest absolute Gasteiger partial charge is 0.306 e. The van der Waals surface area contributed by atoms with E-state index in [2.05, 4.69) is 51.4 Å². The molecule has 1 aromatic rings. The zero-order chi connectivity index (χ0) is 15.6. The van der Waals surface area contributed by atoms with Crippen LogP contribution in [0, 0.1) is 5.92 Å². The second-order valence-corrected chi connectivity index (χ2v) is 6.55. The fourth-order valence-corrected chi connectivity index (χ4v) is 3.73. The number of nitrogens with zero attached hydrogens (tertiary/aromatic N) is 3. The van der Waals surface area contributed by atoms with Gasteiger partial charge in [-0.2, -0.15) is 5.10 Å². The Morgan fingerprint density at radius 3 is 2.71 bits per heavy atom. The van der Waals surface area contributed by atoms with Gasteiger partial charge in [0.1, 0.15) is 0 Å². The van der Waals surface area contributed by atoms with Crippen LogP contribution < -0.4 is 0 Å². The predicted octanol–water partition coefficient (Wildman–Crippen LogP) is 2.91. The first-order chi connectivity index (χ1) is 9.97.